The summed E-state index contributed by atoms with van der Waals surface area (Å²) in [6.45, 7) is 0.665. The number of aromatic nitrogens is 1. The first-order valence-corrected chi connectivity index (χ1v) is 10.6. The van der Waals surface area contributed by atoms with Gasteiger partial charge in [-0.05, 0) is 17.7 Å². The first-order chi connectivity index (χ1) is 12.8. The van der Waals surface area contributed by atoms with Gasteiger partial charge in [-0.3, -0.25) is 4.79 Å². The van der Waals surface area contributed by atoms with Crippen molar-refractivity contribution < 1.29 is 17.9 Å². The first-order valence-electron chi connectivity index (χ1n) is 8.38. The normalized spacial score (nSPS) is 14.8. The molecule has 0 aliphatic carbocycles. The minimum Gasteiger partial charge on any atom is -0.497 e. The molecule has 0 saturated carbocycles. The van der Waals surface area contributed by atoms with Gasteiger partial charge in [-0.1, -0.05) is 12.1 Å². The summed E-state index contributed by atoms with van der Waals surface area (Å²) >= 11 is 1.32. The van der Waals surface area contributed by atoms with Crippen molar-refractivity contribution in [1.82, 2.24) is 13.6 Å². The van der Waals surface area contributed by atoms with Crippen molar-refractivity contribution in [3.05, 3.63) is 40.4 Å². The average molecular weight is 411 g/mol. The number of nitrogens with zero attached hydrogens (tertiary/aromatic N) is 3. The zero-order valence-electron chi connectivity index (χ0n) is 15.4. The molecule has 1 aromatic heterocycles. The monoisotopic (exact) mass is 410 g/mol. The Morgan fingerprint density at radius 1 is 1.33 bits per heavy atom. The van der Waals surface area contributed by atoms with Gasteiger partial charge in [0.1, 0.15) is 5.75 Å². The third-order valence-corrected chi connectivity index (χ3v) is 7.14. The van der Waals surface area contributed by atoms with Crippen LogP contribution in [0.15, 0.2) is 24.3 Å². The van der Waals surface area contributed by atoms with Crippen LogP contribution in [0.5, 0.6) is 5.75 Å². The molecule has 2 heterocycles. The van der Waals surface area contributed by atoms with Crippen molar-refractivity contribution in [3.8, 4) is 5.75 Å². The molecule has 0 fully saturated rings. The summed E-state index contributed by atoms with van der Waals surface area (Å²) in [5, 5.41) is 3.31. The summed E-state index contributed by atoms with van der Waals surface area (Å²) < 4.78 is 32.3. The van der Waals surface area contributed by atoms with Crippen molar-refractivity contribution in [2.75, 3.05) is 33.1 Å². The van der Waals surface area contributed by atoms with E-state index in [4.69, 9.17) is 4.74 Å². The molecule has 10 heteroatoms. The first kappa shape index (κ1) is 19.7. The zero-order valence-corrected chi connectivity index (χ0v) is 17.1. The molecule has 27 heavy (non-hydrogen) atoms. The number of methoxy groups -OCH3 is 1. The van der Waals surface area contributed by atoms with Crippen LogP contribution in [0.3, 0.4) is 0 Å². The maximum absolute atomic E-state index is 12.3. The number of nitrogens with one attached hydrogen (secondary N) is 1. The van der Waals surface area contributed by atoms with Crippen LogP contribution in [0.25, 0.3) is 0 Å². The molecular formula is C17H22N4O4S2. The molecule has 1 aliphatic rings. The lowest BCUT2D eigenvalue weighted by Crippen LogP contribution is -2.42. The number of hydrogen-bond acceptors (Lipinski definition) is 6. The van der Waals surface area contributed by atoms with E-state index in [0.717, 1.165) is 21.9 Å². The molecule has 0 unspecified atom stereocenters. The number of amides is 1. The highest BCUT2D eigenvalue weighted by Gasteiger charge is 2.30. The summed E-state index contributed by atoms with van der Waals surface area (Å²) in [5.74, 6) is 0.577. The van der Waals surface area contributed by atoms with E-state index in [1.807, 2.05) is 24.3 Å². The molecule has 1 aliphatic heterocycles. The van der Waals surface area contributed by atoms with E-state index in [2.05, 4.69) is 10.3 Å². The molecule has 1 N–H and O–H groups in total. The Bertz CT molecular complexity index is 923. The molecule has 0 atom stereocenters. The van der Waals surface area contributed by atoms with Crippen LogP contribution >= 0.6 is 11.3 Å². The minimum absolute atomic E-state index is 0.163. The molecule has 146 valence electrons. The standard InChI is InChI=1S/C17H22N4O4S2/c1-20(2)27(23,24)21-9-8-14-15(11-21)26-17(18-14)19-16(22)10-12-4-6-13(25-3)7-5-12/h4-7H,8-11H2,1-3H3,(H,18,19,22). The predicted molar refractivity (Wildman–Crippen MR) is 104 cm³/mol. The Kier molecular flexibility index (Phi) is 5.80. The molecule has 0 radical (unpaired) electrons. The maximum Gasteiger partial charge on any atom is 0.281 e. The van der Waals surface area contributed by atoms with Gasteiger partial charge in [-0.2, -0.15) is 17.0 Å². The topological polar surface area (TPSA) is 91.8 Å². The van der Waals surface area contributed by atoms with E-state index in [0.29, 0.717) is 18.1 Å². The lowest BCUT2D eigenvalue weighted by atomic mass is 10.1. The van der Waals surface area contributed by atoms with Gasteiger partial charge in [0.15, 0.2) is 5.13 Å². The number of ether oxygens (including phenoxy) is 1. The highest BCUT2D eigenvalue weighted by atomic mass is 32.2. The fraction of sp³-hybridized carbons (Fsp3) is 0.412. The van der Waals surface area contributed by atoms with Gasteiger partial charge < -0.3 is 10.1 Å². The van der Waals surface area contributed by atoms with E-state index in [9.17, 15) is 13.2 Å². The van der Waals surface area contributed by atoms with Crippen LogP contribution in [0.1, 0.15) is 16.1 Å². The average Bonchev–Trinajstić information content (AvgIpc) is 3.03. The van der Waals surface area contributed by atoms with Crippen LogP contribution in [0.4, 0.5) is 5.13 Å². The van der Waals surface area contributed by atoms with E-state index in [1.54, 1.807) is 7.11 Å². The Labute approximate surface area is 163 Å². The van der Waals surface area contributed by atoms with Crippen molar-refractivity contribution in [1.29, 1.82) is 0 Å². The van der Waals surface area contributed by atoms with E-state index < -0.39 is 10.2 Å². The van der Waals surface area contributed by atoms with Gasteiger partial charge in [0.25, 0.3) is 10.2 Å². The Morgan fingerprint density at radius 2 is 2.04 bits per heavy atom. The summed E-state index contributed by atoms with van der Waals surface area (Å²) in [5.41, 5.74) is 1.72. The van der Waals surface area contributed by atoms with Crippen molar-refractivity contribution in [2.24, 2.45) is 0 Å². The number of carbonyl (C=O) groups is 1. The fourth-order valence-electron chi connectivity index (χ4n) is 2.75. The Balaban J connectivity index is 1.64. The van der Waals surface area contributed by atoms with Crippen LogP contribution < -0.4 is 10.1 Å². The second-order valence-electron chi connectivity index (χ2n) is 6.34. The predicted octanol–water partition coefficient (Wildman–Crippen LogP) is 1.50. The van der Waals surface area contributed by atoms with E-state index in [1.165, 1.54) is 34.0 Å². The number of fused-ring (bicyclic) bond motifs is 1. The smallest absolute Gasteiger partial charge is 0.281 e. The molecule has 3 rings (SSSR count). The Hall–Kier alpha value is -2.01. The van der Waals surface area contributed by atoms with Gasteiger partial charge in [0.05, 0.1) is 25.8 Å². The summed E-state index contributed by atoms with van der Waals surface area (Å²) in [6.07, 6.45) is 0.766. The highest BCUT2D eigenvalue weighted by molar-refractivity contribution is 7.86. The summed E-state index contributed by atoms with van der Waals surface area (Å²) in [7, 11) is 1.17. The highest BCUT2D eigenvalue weighted by Crippen LogP contribution is 2.30. The third kappa shape index (κ3) is 4.46. The van der Waals surface area contributed by atoms with Crippen LogP contribution in [0, 0.1) is 0 Å². The number of benzene rings is 1. The second-order valence-corrected chi connectivity index (χ2v) is 9.56. The van der Waals surface area contributed by atoms with Crippen molar-refractivity contribution in [2.45, 2.75) is 19.4 Å². The zero-order chi connectivity index (χ0) is 19.6. The van der Waals surface area contributed by atoms with E-state index >= 15 is 0 Å². The molecule has 8 nitrogen and oxygen atoms in total. The van der Waals surface area contributed by atoms with Gasteiger partial charge in [-0.15, -0.1) is 11.3 Å². The lowest BCUT2D eigenvalue weighted by molar-refractivity contribution is -0.115. The fourth-order valence-corrected chi connectivity index (χ4v) is 4.94. The van der Waals surface area contributed by atoms with Gasteiger partial charge in [0.2, 0.25) is 5.91 Å². The van der Waals surface area contributed by atoms with Crippen LogP contribution in [-0.4, -0.2) is 55.7 Å². The summed E-state index contributed by atoms with van der Waals surface area (Å²) in [6, 6.07) is 7.31. The molecule has 1 amide bonds. The molecular weight excluding hydrogens is 388 g/mol. The molecule has 1 aromatic carbocycles. The summed E-state index contributed by atoms with van der Waals surface area (Å²) in [4.78, 5) is 17.6. The third-order valence-electron chi connectivity index (χ3n) is 4.25. The minimum atomic E-state index is -3.45. The maximum atomic E-state index is 12.3. The molecule has 0 bridgehead atoms. The number of carbonyl (C=O) groups excluding carboxylic acids is 1. The Morgan fingerprint density at radius 3 is 2.67 bits per heavy atom. The number of rotatable bonds is 6. The number of hydrogen-bond donors (Lipinski definition) is 1. The SMILES string of the molecule is COc1ccc(CC(=O)Nc2nc3c(s2)CN(S(=O)(=O)N(C)C)CC3)cc1. The number of thiazole rings is 1. The molecule has 0 saturated heterocycles. The van der Waals surface area contributed by atoms with E-state index in [-0.39, 0.29) is 18.9 Å². The van der Waals surface area contributed by atoms with Gasteiger partial charge >= 0.3 is 0 Å². The van der Waals surface area contributed by atoms with Gasteiger partial charge in [-0.25, -0.2) is 4.98 Å². The van der Waals surface area contributed by atoms with Crippen LogP contribution in [0.2, 0.25) is 0 Å². The molecule has 0 spiro atoms. The van der Waals surface area contributed by atoms with Crippen LogP contribution in [-0.2, 0) is 34.4 Å². The largest absolute Gasteiger partial charge is 0.497 e. The van der Waals surface area contributed by atoms with Crippen molar-refractivity contribution >= 4 is 32.6 Å². The number of anilines is 1. The molecule has 2 aromatic rings. The quantitative estimate of drug-likeness (QED) is 0.779. The second kappa shape index (κ2) is 7.93. The van der Waals surface area contributed by atoms with Gasteiger partial charge in [0, 0.05) is 31.9 Å². The lowest BCUT2D eigenvalue weighted by Gasteiger charge is -2.27. The van der Waals surface area contributed by atoms with Crippen molar-refractivity contribution in [3.63, 3.8) is 0 Å².